The van der Waals surface area contributed by atoms with Gasteiger partial charge in [0.05, 0.1) is 11.3 Å². The zero-order chi connectivity index (χ0) is 13.6. The summed E-state index contributed by atoms with van der Waals surface area (Å²) in [5.41, 5.74) is 0.283. The van der Waals surface area contributed by atoms with Crippen LogP contribution in [0.2, 0.25) is 0 Å². The van der Waals surface area contributed by atoms with E-state index in [2.05, 4.69) is 4.98 Å². The van der Waals surface area contributed by atoms with Crippen molar-refractivity contribution in [1.82, 2.24) is 10.3 Å². The molecule has 96 valence electrons. The first-order valence-electron chi connectivity index (χ1n) is 4.74. The Morgan fingerprint density at radius 3 is 2.89 bits per heavy atom. The number of carbonyl (C=O) groups is 1. The fourth-order valence-electron chi connectivity index (χ4n) is 0.975. The third-order valence-corrected chi connectivity index (χ3v) is 2.72. The Kier molecular flexibility index (Phi) is 4.97. The minimum Gasteiger partial charge on any atom is -0.346 e. The molecule has 0 radical (unpaired) electrons. The summed E-state index contributed by atoms with van der Waals surface area (Å²) in [7, 11) is 0. The number of carbonyl (C=O) groups excluding carboxylic acids is 1. The number of nitriles is 1. The number of hydrogen-bond acceptors (Lipinski definition) is 4. The third-order valence-electron chi connectivity index (χ3n) is 1.72. The van der Waals surface area contributed by atoms with Gasteiger partial charge in [-0.25, -0.2) is 4.98 Å². The molecule has 18 heavy (non-hydrogen) atoms. The summed E-state index contributed by atoms with van der Waals surface area (Å²) in [6, 6.07) is 4.96. The van der Waals surface area contributed by atoms with Gasteiger partial charge in [-0.15, -0.1) is 0 Å². The molecule has 0 aliphatic rings. The first-order valence-corrected chi connectivity index (χ1v) is 5.72. The second-order valence-corrected chi connectivity index (χ2v) is 4.11. The van der Waals surface area contributed by atoms with Crippen LogP contribution in [0.1, 0.15) is 5.56 Å². The van der Waals surface area contributed by atoms with Crippen molar-refractivity contribution in [3.63, 3.8) is 0 Å². The molecule has 0 aliphatic carbocycles. The van der Waals surface area contributed by atoms with Gasteiger partial charge in [0.15, 0.2) is 0 Å². The lowest BCUT2D eigenvalue weighted by Gasteiger charge is -2.08. The maximum atomic E-state index is 11.8. The van der Waals surface area contributed by atoms with Crippen molar-refractivity contribution in [3.05, 3.63) is 23.9 Å². The summed E-state index contributed by atoms with van der Waals surface area (Å²) in [5.74, 6) is -0.978. The van der Waals surface area contributed by atoms with E-state index in [1.807, 2.05) is 6.07 Å². The molecule has 1 amide bonds. The van der Waals surface area contributed by atoms with Crippen LogP contribution < -0.4 is 5.32 Å². The minimum atomic E-state index is -4.43. The molecule has 1 aromatic heterocycles. The molecule has 1 heterocycles. The largest absolute Gasteiger partial charge is 0.405 e. The van der Waals surface area contributed by atoms with Crippen molar-refractivity contribution in [1.29, 1.82) is 5.26 Å². The molecule has 0 unspecified atom stereocenters. The highest BCUT2D eigenvalue weighted by atomic mass is 32.2. The Morgan fingerprint density at radius 1 is 1.56 bits per heavy atom. The molecule has 0 spiro atoms. The molecule has 1 rings (SSSR count). The molecule has 1 aromatic rings. The van der Waals surface area contributed by atoms with E-state index in [0.717, 1.165) is 11.8 Å². The number of thioether (sulfide) groups is 1. The van der Waals surface area contributed by atoms with Crippen LogP contribution in [-0.2, 0) is 4.79 Å². The van der Waals surface area contributed by atoms with E-state index in [1.54, 1.807) is 11.4 Å². The molecular formula is C10H8F3N3OS. The van der Waals surface area contributed by atoms with Crippen molar-refractivity contribution in [2.75, 3.05) is 12.3 Å². The average molecular weight is 275 g/mol. The lowest BCUT2D eigenvalue weighted by Crippen LogP contribution is -2.34. The zero-order valence-corrected chi connectivity index (χ0v) is 9.81. The van der Waals surface area contributed by atoms with Gasteiger partial charge < -0.3 is 5.32 Å². The number of nitrogens with one attached hydrogen (secondary N) is 1. The van der Waals surface area contributed by atoms with Crippen LogP contribution in [0.25, 0.3) is 0 Å². The number of nitrogens with zero attached hydrogens (tertiary/aromatic N) is 2. The lowest BCUT2D eigenvalue weighted by atomic mass is 10.3. The van der Waals surface area contributed by atoms with Gasteiger partial charge >= 0.3 is 6.18 Å². The van der Waals surface area contributed by atoms with E-state index in [1.165, 1.54) is 12.3 Å². The Balaban J connectivity index is 2.46. The maximum absolute atomic E-state index is 11.8. The predicted octanol–water partition coefficient (Wildman–Crippen LogP) is 1.72. The monoisotopic (exact) mass is 275 g/mol. The molecule has 0 bridgehead atoms. The SMILES string of the molecule is N#Cc1cccnc1SCC(=O)NCC(F)(F)F. The van der Waals surface area contributed by atoms with Crippen LogP contribution >= 0.6 is 11.8 Å². The highest BCUT2D eigenvalue weighted by Gasteiger charge is 2.27. The van der Waals surface area contributed by atoms with E-state index in [9.17, 15) is 18.0 Å². The van der Waals surface area contributed by atoms with Gasteiger partial charge in [-0.05, 0) is 12.1 Å². The van der Waals surface area contributed by atoms with Crippen molar-refractivity contribution in [2.45, 2.75) is 11.2 Å². The van der Waals surface area contributed by atoms with Crippen molar-refractivity contribution in [3.8, 4) is 6.07 Å². The van der Waals surface area contributed by atoms with Crippen molar-refractivity contribution >= 4 is 17.7 Å². The van der Waals surface area contributed by atoms with Crippen LogP contribution in [0.5, 0.6) is 0 Å². The van der Waals surface area contributed by atoms with Crippen molar-refractivity contribution in [2.24, 2.45) is 0 Å². The topological polar surface area (TPSA) is 65.8 Å². The number of rotatable bonds is 4. The Labute approximate surface area is 105 Å². The molecule has 0 aromatic carbocycles. The second-order valence-electron chi connectivity index (χ2n) is 3.15. The highest BCUT2D eigenvalue weighted by Crippen LogP contribution is 2.19. The van der Waals surface area contributed by atoms with E-state index in [-0.39, 0.29) is 11.3 Å². The second kappa shape index (κ2) is 6.26. The fourth-order valence-corrected chi connectivity index (χ4v) is 1.75. The highest BCUT2D eigenvalue weighted by molar-refractivity contribution is 7.99. The smallest absolute Gasteiger partial charge is 0.346 e. The molecule has 0 saturated heterocycles. The summed E-state index contributed by atoms with van der Waals surface area (Å²) >= 11 is 0.917. The van der Waals surface area contributed by atoms with Crippen LogP contribution in [0.4, 0.5) is 13.2 Å². The zero-order valence-electron chi connectivity index (χ0n) is 8.99. The van der Waals surface area contributed by atoms with E-state index in [4.69, 9.17) is 5.26 Å². The van der Waals surface area contributed by atoms with E-state index < -0.39 is 18.6 Å². The predicted molar refractivity (Wildman–Crippen MR) is 58.7 cm³/mol. The number of alkyl halides is 3. The summed E-state index contributed by atoms with van der Waals surface area (Å²) in [5, 5.41) is 10.8. The van der Waals surface area contributed by atoms with Crippen LogP contribution in [0.3, 0.4) is 0 Å². The summed E-state index contributed by atoms with van der Waals surface area (Å²) in [4.78, 5) is 15.0. The number of halogens is 3. The quantitative estimate of drug-likeness (QED) is 0.850. The molecule has 0 fully saturated rings. The molecule has 0 saturated carbocycles. The van der Waals surface area contributed by atoms with Crippen LogP contribution in [0.15, 0.2) is 23.4 Å². The Hall–Kier alpha value is -1.75. The molecule has 0 atom stereocenters. The average Bonchev–Trinajstić information content (AvgIpc) is 2.33. The molecular weight excluding hydrogens is 267 g/mol. The van der Waals surface area contributed by atoms with Crippen LogP contribution in [0, 0.1) is 11.3 Å². The number of hydrogen-bond donors (Lipinski definition) is 1. The van der Waals surface area contributed by atoms with Gasteiger partial charge in [0, 0.05) is 6.20 Å². The van der Waals surface area contributed by atoms with E-state index in [0.29, 0.717) is 5.03 Å². The molecule has 8 heteroatoms. The number of amides is 1. The van der Waals surface area contributed by atoms with Gasteiger partial charge in [-0.2, -0.15) is 18.4 Å². The van der Waals surface area contributed by atoms with Crippen LogP contribution in [-0.4, -0.2) is 29.4 Å². The summed E-state index contributed by atoms with van der Waals surface area (Å²) in [6.45, 7) is -1.36. The van der Waals surface area contributed by atoms with E-state index >= 15 is 0 Å². The standard InChI is InChI=1S/C10H8F3N3OS/c11-10(12,13)6-16-8(17)5-18-9-7(4-14)2-1-3-15-9/h1-3H,5-6H2,(H,16,17). The summed E-state index contributed by atoms with van der Waals surface area (Å²) in [6.07, 6.45) is -2.99. The molecule has 1 N–H and O–H groups in total. The van der Waals surface area contributed by atoms with Gasteiger partial charge in [-0.1, -0.05) is 11.8 Å². The molecule has 0 aliphatic heterocycles. The number of pyridine rings is 1. The number of aromatic nitrogens is 1. The van der Waals surface area contributed by atoms with Gasteiger partial charge in [0.2, 0.25) is 5.91 Å². The Morgan fingerprint density at radius 2 is 2.28 bits per heavy atom. The maximum Gasteiger partial charge on any atom is 0.405 e. The summed E-state index contributed by atoms with van der Waals surface area (Å²) < 4.78 is 35.5. The minimum absolute atomic E-state index is 0.220. The lowest BCUT2D eigenvalue weighted by molar-refractivity contribution is -0.136. The first-order chi connectivity index (χ1) is 8.42. The third kappa shape index (κ3) is 5.05. The first kappa shape index (κ1) is 14.3. The normalized spacial score (nSPS) is 10.8. The Bertz CT molecular complexity index is 470. The van der Waals surface area contributed by atoms with Gasteiger partial charge in [0.1, 0.15) is 17.6 Å². The van der Waals surface area contributed by atoms with Gasteiger partial charge in [0.25, 0.3) is 0 Å². The molecule has 4 nitrogen and oxygen atoms in total. The fraction of sp³-hybridized carbons (Fsp3) is 0.300. The van der Waals surface area contributed by atoms with Crippen molar-refractivity contribution < 1.29 is 18.0 Å². The van der Waals surface area contributed by atoms with Gasteiger partial charge in [-0.3, -0.25) is 4.79 Å².